The van der Waals surface area contributed by atoms with Crippen molar-refractivity contribution < 1.29 is 8.42 Å². The number of aromatic nitrogens is 1. The molecule has 0 aromatic carbocycles. The van der Waals surface area contributed by atoms with Gasteiger partial charge >= 0.3 is 0 Å². The highest BCUT2D eigenvalue weighted by Gasteiger charge is 2.48. The molecule has 3 rings (SSSR count). The van der Waals surface area contributed by atoms with Crippen LogP contribution in [0.2, 0.25) is 0 Å². The van der Waals surface area contributed by atoms with E-state index in [2.05, 4.69) is 20.0 Å². The van der Waals surface area contributed by atoms with E-state index in [4.69, 9.17) is 0 Å². The second kappa shape index (κ2) is 5.05. The van der Waals surface area contributed by atoms with Crippen molar-refractivity contribution in [1.82, 2.24) is 14.6 Å². The van der Waals surface area contributed by atoms with Crippen molar-refractivity contribution in [2.45, 2.75) is 38.8 Å². The molecule has 2 fully saturated rings. The van der Waals surface area contributed by atoms with Crippen LogP contribution < -0.4 is 4.72 Å². The molecule has 1 saturated carbocycles. The third-order valence-corrected chi connectivity index (χ3v) is 6.00. The first-order valence-electron chi connectivity index (χ1n) is 6.94. The maximum atomic E-state index is 11.2. The molecule has 2 heterocycles. The van der Waals surface area contributed by atoms with E-state index in [1.807, 2.05) is 6.92 Å². The number of hydrogen-bond acceptors (Lipinski definition) is 5. The van der Waals surface area contributed by atoms with Crippen LogP contribution in [0.1, 0.15) is 30.0 Å². The summed E-state index contributed by atoms with van der Waals surface area (Å²) in [5.41, 5.74) is 1.44. The van der Waals surface area contributed by atoms with Crippen molar-refractivity contribution in [2.75, 3.05) is 19.3 Å². The minimum absolute atomic E-state index is 0.145. The first-order valence-corrected chi connectivity index (χ1v) is 9.71. The molecule has 20 heavy (non-hydrogen) atoms. The second-order valence-electron chi connectivity index (χ2n) is 6.34. The summed E-state index contributed by atoms with van der Waals surface area (Å²) in [7, 11) is -3.06. The van der Waals surface area contributed by atoms with Crippen molar-refractivity contribution in [3.05, 3.63) is 16.1 Å². The van der Waals surface area contributed by atoms with Gasteiger partial charge in [0.05, 0.1) is 12.8 Å². The van der Waals surface area contributed by atoms with Crippen LogP contribution >= 0.6 is 11.3 Å². The Bertz CT molecular complexity index is 591. The van der Waals surface area contributed by atoms with Gasteiger partial charge in [-0.2, -0.15) is 0 Å². The number of rotatable bonds is 4. The van der Waals surface area contributed by atoms with Crippen LogP contribution in [0.15, 0.2) is 5.38 Å². The molecule has 1 N–H and O–H groups in total. The maximum Gasteiger partial charge on any atom is 0.208 e. The van der Waals surface area contributed by atoms with Gasteiger partial charge in [-0.3, -0.25) is 4.90 Å². The first-order chi connectivity index (χ1) is 9.34. The van der Waals surface area contributed by atoms with Crippen molar-refractivity contribution in [3.8, 4) is 0 Å². The summed E-state index contributed by atoms with van der Waals surface area (Å²) >= 11 is 1.73. The van der Waals surface area contributed by atoms with Gasteiger partial charge in [-0.05, 0) is 38.1 Å². The fourth-order valence-corrected chi connectivity index (χ4v) is 5.12. The average Bonchev–Trinajstić information content (AvgIpc) is 2.84. The summed E-state index contributed by atoms with van der Waals surface area (Å²) < 4.78 is 25.2. The molecule has 2 aliphatic rings. The molecule has 5 nitrogen and oxygen atoms in total. The van der Waals surface area contributed by atoms with E-state index in [1.165, 1.54) is 17.7 Å². The highest BCUT2D eigenvalue weighted by molar-refractivity contribution is 7.88. The molecule has 0 radical (unpaired) electrons. The molecule has 1 aliphatic heterocycles. The van der Waals surface area contributed by atoms with Gasteiger partial charge in [-0.1, -0.05) is 0 Å². The molecule has 1 aliphatic carbocycles. The topological polar surface area (TPSA) is 62.3 Å². The molecule has 112 valence electrons. The van der Waals surface area contributed by atoms with E-state index in [0.717, 1.165) is 38.2 Å². The van der Waals surface area contributed by atoms with Crippen LogP contribution in [-0.2, 0) is 16.6 Å². The molecule has 1 spiro atoms. The molecule has 0 bridgehead atoms. The molecule has 0 amide bonds. The summed E-state index contributed by atoms with van der Waals surface area (Å²) in [5, 5.41) is 3.28. The Kier molecular flexibility index (Phi) is 3.64. The lowest BCUT2D eigenvalue weighted by atomic mass is 9.65. The summed E-state index contributed by atoms with van der Waals surface area (Å²) in [6.07, 6.45) is 4.38. The van der Waals surface area contributed by atoms with E-state index in [1.54, 1.807) is 11.3 Å². The highest BCUT2D eigenvalue weighted by Crippen LogP contribution is 2.48. The summed E-state index contributed by atoms with van der Waals surface area (Å²) in [4.78, 5) is 6.97. The number of nitrogens with zero attached hydrogens (tertiary/aromatic N) is 2. The second-order valence-corrected chi connectivity index (χ2v) is 9.06. The van der Waals surface area contributed by atoms with Gasteiger partial charge < -0.3 is 0 Å². The van der Waals surface area contributed by atoms with Gasteiger partial charge in [0.25, 0.3) is 0 Å². The standard InChI is InChI=1S/C13H21N3O2S2/c1-10-8-19-12(14-10)7-16-4-3-13(9-16)5-11(6-13)15-20(2,17)18/h8,11,15H,3-7,9H2,1-2H3. The van der Waals surface area contributed by atoms with Crippen LogP contribution in [0, 0.1) is 12.3 Å². The lowest BCUT2D eigenvalue weighted by Gasteiger charge is -2.45. The van der Waals surface area contributed by atoms with E-state index in [0.29, 0.717) is 5.41 Å². The number of hydrogen-bond donors (Lipinski definition) is 1. The zero-order valence-corrected chi connectivity index (χ0v) is 13.6. The zero-order chi connectivity index (χ0) is 14.4. The Labute approximate surface area is 124 Å². The van der Waals surface area contributed by atoms with Crippen molar-refractivity contribution in [1.29, 1.82) is 0 Å². The molecule has 0 unspecified atom stereocenters. The predicted molar refractivity (Wildman–Crippen MR) is 80.2 cm³/mol. The molecule has 0 atom stereocenters. The molecule has 1 saturated heterocycles. The van der Waals surface area contributed by atoms with Crippen LogP contribution in [-0.4, -0.2) is 43.7 Å². The molecule has 1 aromatic heterocycles. The number of likely N-dealkylation sites (tertiary alicyclic amines) is 1. The number of aryl methyl sites for hydroxylation is 1. The number of sulfonamides is 1. The monoisotopic (exact) mass is 315 g/mol. The molecular formula is C13H21N3O2S2. The van der Waals surface area contributed by atoms with Crippen LogP contribution in [0.25, 0.3) is 0 Å². The number of nitrogens with one attached hydrogen (secondary N) is 1. The van der Waals surface area contributed by atoms with Crippen molar-refractivity contribution in [2.24, 2.45) is 5.41 Å². The van der Waals surface area contributed by atoms with E-state index in [9.17, 15) is 8.42 Å². The van der Waals surface area contributed by atoms with Gasteiger partial charge in [-0.25, -0.2) is 18.1 Å². The Morgan fingerprint density at radius 1 is 1.55 bits per heavy atom. The fraction of sp³-hybridized carbons (Fsp3) is 0.769. The highest BCUT2D eigenvalue weighted by atomic mass is 32.2. The van der Waals surface area contributed by atoms with E-state index >= 15 is 0 Å². The molecular weight excluding hydrogens is 294 g/mol. The van der Waals surface area contributed by atoms with Crippen LogP contribution in [0.5, 0.6) is 0 Å². The lowest BCUT2D eigenvalue weighted by Crippen LogP contribution is -2.51. The Morgan fingerprint density at radius 3 is 2.90 bits per heavy atom. The minimum atomic E-state index is -3.06. The van der Waals surface area contributed by atoms with Gasteiger partial charge in [0.2, 0.25) is 10.0 Å². The van der Waals surface area contributed by atoms with E-state index < -0.39 is 10.0 Å². The normalized spacial score (nSPS) is 30.8. The zero-order valence-electron chi connectivity index (χ0n) is 11.9. The Morgan fingerprint density at radius 2 is 2.30 bits per heavy atom. The molecule has 7 heteroatoms. The summed E-state index contributed by atoms with van der Waals surface area (Å²) in [6.45, 7) is 5.14. The van der Waals surface area contributed by atoms with E-state index in [-0.39, 0.29) is 6.04 Å². The Hall–Kier alpha value is -0.500. The number of thiazole rings is 1. The van der Waals surface area contributed by atoms with Gasteiger partial charge in [0.1, 0.15) is 5.01 Å². The Balaban J connectivity index is 1.51. The van der Waals surface area contributed by atoms with Gasteiger partial charge in [0, 0.05) is 23.7 Å². The fourth-order valence-electron chi connectivity index (χ4n) is 3.53. The van der Waals surface area contributed by atoms with Gasteiger partial charge in [0.15, 0.2) is 0 Å². The van der Waals surface area contributed by atoms with Crippen LogP contribution in [0.3, 0.4) is 0 Å². The lowest BCUT2D eigenvalue weighted by molar-refractivity contribution is 0.101. The third kappa shape index (κ3) is 3.21. The van der Waals surface area contributed by atoms with Crippen molar-refractivity contribution >= 4 is 21.4 Å². The maximum absolute atomic E-state index is 11.2. The van der Waals surface area contributed by atoms with Gasteiger partial charge in [-0.15, -0.1) is 11.3 Å². The smallest absolute Gasteiger partial charge is 0.208 e. The summed E-state index contributed by atoms with van der Waals surface area (Å²) in [5.74, 6) is 0. The molecule has 1 aromatic rings. The largest absolute Gasteiger partial charge is 0.296 e. The average molecular weight is 315 g/mol. The van der Waals surface area contributed by atoms with Crippen molar-refractivity contribution in [3.63, 3.8) is 0 Å². The first kappa shape index (κ1) is 14.4. The predicted octanol–water partition coefficient (Wildman–Crippen LogP) is 1.36. The minimum Gasteiger partial charge on any atom is -0.296 e. The third-order valence-electron chi connectivity index (χ3n) is 4.28. The summed E-state index contributed by atoms with van der Waals surface area (Å²) in [6, 6.07) is 0.145. The van der Waals surface area contributed by atoms with Crippen LogP contribution in [0.4, 0.5) is 0 Å². The quantitative estimate of drug-likeness (QED) is 0.911. The SMILES string of the molecule is Cc1csc(CN2CCC3(CC(NS(C)(=O)=O)C3)C2)n1.